The van der Waals surface area contributed by atoms with E-state index in [0.29, 0.717) is 37.8 Å². The number of ether oxygens (including phenoxy) is 1. The normalized spacial score (nSPS) is 24.5. The van der Waals surface area contributed by atoms with Crippen LogP contribution in [-0.2, 0) is 27.1 Å². The molecular formula is C21H27FN4O3S. The van der Waals surface area contributed by atoms with Gasteiger partial charge in [-0.3, -0.25) is 0 Å². The van der Waals surface area contributed by atoms with Crippen LogP contribution in [-0.4, -0.2) is 53.8 Å². The Morgan fingerprint density at radius 2 is 1.90 bits per heavy atom. The molecule has 1 aromatic carbocycles. The first-order valence-electron chi connectivity index (χ1n) is 10.6. The molecule has 1 aliphatic carbocycles. The summed E-state index contributed by atoms with van der Waals surface area (Å²) in [5, 5.41) is 8.61. The monoisotopic (exact) mass is 434 g/mol. The topological polar surface area (TPSA) is 77.3 Å². The Morgan fingerprint density at radius 1 is 1.17 bits per heavy atom. The van der Waals surface area contributed by atoms with Gasteiger partial charge in [0.15, 0.2) is 0 Å². The third-order valence-electron chi connectivity index (χ3n) is 6.87. The molecule has 2 aliphatic heterocycles. The molecule has 2 saturated heterocycles. The van der Waals surface area contributed by atoms with E-state index in [2.05, 4.69) is 14.8 Å². The Hall–Kier alpha value is -1.84. The highest BCUT2D eigenvalue weighted by atomic mass is 32.2. The first-order chi connectivity index (χ1) is 14.5. The SMILES string of the molecule is O=S(=O)(Cc1ccc(F)cc1)N1CC(c2nncn2CC2CC2)C2(CCOCC2)C1. The lowest BCUT2D eigenvalue weighted by atomic mass is 9.72. The number of halogens is 1. The first kappa shape index (κ1) is 20.1. The van der Waals surface area contributed by atoms with Gasteiger partial charge in [0.25, 0.3) is 0 Å². The van der Waals surface area contributed by atoms with Gasteiger partial charge in [0.05, 0.1) is 5.75 Å². The Morgan fingerprint density at radius 3 is 2.60 bits per heavy atom. The van der Waals surface area contributed by atoms with E-state index in [0.717, 1.165) is 25.2 Å². The van der Waals surface area contributed by atoms with Gasteiger partial charge in [0.1, 0.15) is 18.0 Å². The average Bonchev–Trinajstić information content (AvgIpc) is 3.30. The van der Waals surface area contributed by atoms with E-state index in [1.54, 1.807) is 10.6 Å². The van der Waals surface area contributed by atoms with Crippen LogP contribution in [0.3, 0.4) is 0 Å². The zero-order valence-electron chi connectivity index (χ0n) is 16.9. The molecule has 1 atom stereocenters. The fraction of sp³-hybridized carbons (Fsp3) is 0.619. The summed E-state index contributed by atoms with van der Waals surface area (Å²) in [4.78, 5) is 0. The lowest BCUT2D eigenvalue weighted by Gasteiger charge is -2.37. The number of aromatic nitrogens is 3. The summed E-state index contributed by atoms with van der Waals surface area (Å²) in [5.41, 5.74) is 0.417. The van der Waals surface area contributed by atoms with Gasteiger partial charge in [-0.1, -0.05) is 12.1 Å². The van der Waals surface area contributed by atoms with Crippen LogP contribution >= 0.6 is 0 Å². The molecule has 1 spiro atoms. The highest BCUT2D eigenvalue weighted by molar-refractivity contribution is 7.88. The molecule has 0 N–H and O–H groups in total. The molecular weight excluding hydrogens is 407 g/mol. The van der Waals surface area contributed by atoms with Crippen molar-refractivity contribution in [3.05, 3.63) is 47.8 Å². The van der Waals surface area contributed by atoms with Gasteiger partial charge in [0.2, 0.25) is 10.0 Å². The highest BCUT2D eigenvalue weighted by Crippen LogP contribution is 2.50. The second kappa shape index (κ2) is 7.69. The predicted octanol–water partition coefficient (Wildman–Crippen LogP) is 2.55. The van der Waals surface area contributed by atoms with Gasteiger partial charge in [-0.2, -0.15) is 0 Å². The third kappa shape index (κ3) is 3.90. The molecule has 1 unspecified atom stereocenters. The quantitative estimate of drug-likeness (QED) is 0.698. The van der Waals surface area contributed by atoms with E-state index in [9.17, 15) is 12.8 Å². The predicted molar refractivity (Wildman–Crippen MR) is 109 cm³/mol. The molecule has 9 heteroatoms. The Labute approximate surface area is 176 Å². The number of nitrogens with zero attached hydrogens (tertiary/aromatic N) is 4. The van der Waals surface area contributed by atoms with Crippen LogP contribution in [0.4, 0.5) is 4.39 Å². The average molecular weight is 435 g/mol. The molecule has 2 aromatic rings. The van der Waals surface area contributed by atoms with Crippen molar-refractivity contribution >= 4 is 10.0 Å². The number of rotatable bonds is 6. The number of hydrogen-bond acceptors (Lipinski definition) is 5. The van der Waals surface area contributed by atoms with Crippen molar-refractivity contribution in [2.75, 3.05) is 26.3 Å². The zero-order valence-corrected chi connectivity index (χ0v) is 17.7. The molecule has 7 nitrogen and oxygen atoms in total. The maximum absolute atomic E-state index is 13.3. The molecule has 3 fully saturated rings. The van der Waals surface area contributed by atoms with Crippen molar-refractivity contribution in [2.24, 2.45) is 11.3 Å². The summed E-state index contributed by atoms with van der Waals surface area (Å²) in [6.45, 7) is 3.07. The fourth-order valence-electron chi connectivity index (χ4n) is 4.91. The minimum absolute atomic E-state index is 0.00522. The third-order valence-corrected chi connectivity index (χ3v) is 8.63. The van der Waals surface area contributed by atoms with E-state index < -0.39 is 10.0 Å². The van der Waals surface area contributed by atoms with E-state index in [4.69, 9.17) is 4.74 Å². The van der Waals surface area contributed by atoms with Gasteiger partial charge in [0, 0.05) is 38.8 Å². The van der Waals surface area contributed by atoms with Crippen molar-refractivity contribution in [1.29, 1.82) is 0 Å². The summed E-state index contributed by atoms with van der Waals surface area (Å²) >= 11 is 0. The second-order valence-corrected chi connectivity index (χ2v) is 11.0. The number of benzene rings is 1. The molecule has 0 amide bonds. The van der Waals surface area contributed by atoms with Crippen LogP contribution in [0.15, 0.2) is 30.6 Å². The minimum atomic E-state index is -3.54. The molecule has 1 aromatic heterocycles. The van der Waals surface area contributed by atoms with Crippen LogP contribution in [0.25, 0.3) is 0 Å². The number of sulfonamides is 1. The second-order valence-electron chi connectivity index (χ2n) is 8.99. The summed E-state index contributed by atoms with van der Waals surface area (Å²) < 4.78 is 49.1. The standard InChI is InChI=1S/C21H27FN4O3S/c22-18-5-3-17(4-6-18)13-30(27,28)26-12-19(21(14-26)7-9-29-10-8-21)20-24-23-15-25(20)11-16-1-2-16/h3-6,15-16,19H,1-2,7-14H2. The lowest BCUT2D eigenvalue weighted by molar-refractivity contribution is 0.0129. The zero-order chi connectivity index (χ0) is 20.8. The van der Waals surface area contributed by atoms with E-state index in [-0.39, 0.29) is 22.9 Å². The number of hydrogen-bond donors (Lipinski definition) is 0. The molecule has 1 saturated carbocycles. The van der Waals surface area contributed by atoms with Crippen LogP contribution in [0.5, 0.6) is 0 Å². The molecule has 0 bridgehead atoms. The molecule has 162 valence electrons. The van der Waals surface area contributed by atoms with Gasteiger partial charge >= 0.3 is 0 Å². The molecule has 3 aliphatic rings. The van der Waals surface area contributed by atoms with Crippen molar-refractivity contribution in [3.63, 3.8) is 0 Å². The van der Waals surface area contributed by atoms with E-state index in [1.165, 1.54) is 37.1 Å². The maximum Gasteiger partial charge on any atom is 0.218 e. The van der Waals surface area contributed by atoms with Crippen molar-refractivity contribution < 1.29 is 17.5 Å². The summed E-state index contributed by atoms with van der Waals surface area (Å²) in [6, 6.07) is 5.68. The molecule has 5 rings (SSSR count). The van der Waals surface area contributed by atoms with Crippen molar-refractivity contribution in [2.45, 2.75) is 43.9 Å². The smallest absolute Gasteiger partial charge is 0.218 e. The molecule has 30 heavy (non-hydrogen) atoms. The van der Waals surface area contributed by atoms with Crippen molar-refractivity contribution in [1.82, 2.24) is 19.1 Å². The van der Waals surface area contributed by atoms with E-state index >= 15 is 0 Å². The summed E-state index contributed by atoms with van der Waals surface area (Å²) in [7, 11) is -3.54. The van der Waals surface area contributed by atoms with Gasteiger partial charge < -0.3 is 9.30 Å². The Balaban J connectivity index is 1.42. The molecule has 0 radical (unpaired) electrons. The summed E-state index contributed by atoms with van der Waals surface area (Å²) in [6.07, 6.45) is 5.89. The van der Waals surface area contributed by atoms with Gasteiger partial charge in [-0.25, -0.2) is 17.1 Å². The summed E-state index contributed by atoms with van der Waals surface area (Å²) in [5.74, 6) is 1.11. The van der Waals surface area contributed by atoms with Crippen LogP contribution in [0.2, 0.25) is 0 Å². The largest absolute Gasteiger partial charge is 0.381 e. The van der Waals surface area contributed by atoms with Crippen molar-refractivity contribution in [3.8, 4) is 0 Å². The van der Waals surface area contributed by atoms with Crippen LogP contribution < -0.4 is 0 Å². The van der Waals surface area contributed by atoms with Crippen LogP contribution in [0, 0.1) is 17.2 Å². The van der Waals surface area contributed by atoms with Gasteiger partial charge in [-0.05, 0) is 54.7 Å². The Kier molecular flexibility index (Phi) is 5.15. The maximum atomic E-state index is 13.3. The van der Waals surface area contributed by atoms with Crippen LogP contribution in [0.1, 0.15) is 43.0 Å². The minimum Gasteiger partial charge on any atom is -0.381 e. The Bertz CT molecular complexity index is 998. The first-order valence-corrected chi connectivity index (χ1v) is 12.2. The fourth-order valence-corrected chi connectivity index (χ4v) is 6.54. The lowest BCUT2D eigenvalue weighted by Crippen LogP contribution is -2.38. The molecule has 3 heterocycles. The van der Waals surface area contributed by atoms with Gasteiger partial charge in [-0.15, -0.1) is 10.2 Å². The highest BCUT2D eigenvalue weighted by Gasteiger charge is 2.52. The van der Waals surface area contributed by atoms with E-state index in [1.807, 2.05) is 0 Å².